The van der Waals surface area contributed by atoms with E-state index in [0.717, 1.165) is 6.54 Å². The first-order valence-electron chi connectivity index (χ1n) is 6.04. The molecule has 2 fully saturated rings. The normalized spacial score (nSPS) is 27.2. The number of nitrogens with zero attached hydrogens (tertiary/aromatic N) is 1. The van der Waals surface area contributed by atoms with E-state index in [1.807, 2.05) is 4.90 Å². The molecule has 2 saturated heterocycles. The maximum atomic E-state index is 12.8. The standard InChI is InChI=1S/C12H16F2N2O2/c13-12(14,8-17)2-1-9-5-10-7-15-3-4-16(10)11(18)6-9/h1,8,10,15H,2-7H2. The predicted molar refractivity (Wildman–Crippen MR) is 61.3 cm³/mol. The van der Waals surface area contributed by atoms with Gasteiger partial charge in [0.2, 0.25) is 5.91 Å². The van der Waals surface area contributed by atoms with Gasteiger partial charge in [0, 0.05) is 38.5 Å². The Morgan fingerprint density at radius 3 is 3.00 bits per heavy atom. The lowest BCUT2D eigenvalue weighted by atomic mass is 9.93. The van der Waals surface area contributed by atoms with Crippen molar-refractivity contribution in [2.75, 3.05) is 19.6 Å². The largest absolute Gasteiger partial charge is 0.337 e. The molecule has 100 valence electrons. The van der Waals surface area contributed by atoms with E-state index in [4.69, 9.17) is 0 Å². The summed E-state index contributed by atoms with van der Waals surface area (Å²) < 4.78 is 25.6. The molecule has 18 heavy (non-hydrogen) atoms. The summed E-state index contributed by atoms with van der Waals surface area (Å²) in [6, 6.07) is 0.0658. The maximum Gasteiger partial charge on any atom is 0.305 e. The van der Waals surface area contributed by atoms with Crippen molar-refractivity contribution < 1.29 is 18.4 Å². The van der Waals surface area contributed by atoms with Gasteiger partial charge < -0.3 is 10.2 Å². The number of piperazine rings is 1. The molecule has 2 aliphatic heterocycles. The van der Waals surface area contributed by atoms with Gasteiger partial charge in [-0.05, 0) is 6.42 Å². The fraction of sp³-hybridized carbons (Fsp3) is 0.667. The third-order valence-electron chi connectivity index (χ3n) is 3.38. The summed E-state index contributed by atoms with van der Waals surface area (Å²) in [5.41, 5.74) is 0.714. The van der Waals surface area contributed by atoms with Crippen LogP contribution in [-0.4, -0.2) is 48.7 Å². The third-order valence-corrected chi connectivity index (χ3v) is 3.38. The molecule has 1 N–H and O–H groups in total. The minimum absolute atomic E-state index is 0.00609. The smallest absolute Gasteiger partial charge is 0.305 e. The molecular formula is C12H16F2N2O2. The summed E-state index contributed by atoms with van der Waals surface area (Å²) in [5, 5.41) is 3.18. The first-order chi connectivity index (χ1) is 8.52. The molecule has 1 unspecified atom stereocenters. The van der Waals surface area contributed by atoms with Crippen LogP contribution in [-0.2, 0) is 9.59 Å². The van der Waals surface area contributed by atoms with Gasteiger partial charge in [0.05, 0.1) is 0 Å². The van der Waals surface area contributed by atoms with Crippen molar-refractivity contribution >= 4 is 12.2 Å². The molecule has 0 radical (unpaired) electrons. The van der Waals surface area contributed by atoms with Crippen LogP contribution in [0.15, 0.2) is 11.6 Å². The second-order valence-electron chi connectivity index (χ2n) is 4.77. The number of rotatable bonds is 3. The molecule has 1 amide bonds. The van der Waals surface area contributed by atoms with Gasteiger partial charge in [0.1, 0.15) is 0 Å². The van der Waals surface area contributed by atoms with Gasteiger partial charge in [-0.15, -0.1) is 0 Å². The second-order valence-corrected chi connectivity index (χ2v) is 4.77. The van der Waals surface area contributed by atoms with E-state index in [2.05, 4.69) is 5.32 Å². The molecule has 0 aromatic carbocycles. The fourth-order valence-electron chi connectivity index (χ4n) is 2.43. The Bertz CT molecular complexity index is 382. The van der Waals surface area contributed by atoms with Gasteiger partial charge in [0.15, 0.2) is 6.29 Å². The summed E-state index contributed by atoms with van der Waals surface area (Å²) in [4.78, 5) is 23.8. The van der Waals surface area contributed by atoms with Crippen LogP contribution in [0, 0.1) is 0 Å². The van der Waals surface area contributed by atoms with Crippen LogP contribution in [0.4, 0.5) is 8.78 Å². The lowest BCUT2D eigenvalue weighted by Gasteiger charge is -2.40. The van der Waals surface area contributed by atoms with Crippen LogP contribution in [0.3, 0.4) is 0 Å². The number of alkyl halides is 2. The van der Waals surface area contributed by atoms with Crippen LogP contribution in [0.1, 0.15) is 19.3 Å². The van der Waals surface area contributed by atoms with Crippen LogP contribution >= 0.6 is 0 Å². The minimum Gasteiger partial charge on any atom is -0.337 e. The highest BCUT2D eigenvalue weighted by molar-refractivity contribution is 5.80. The molecular weight excluding hydrogens is 242 g/mol. The molecule has 2 rings (SSSR count). The van der Waals surface area contributed by atoms with Crippen LogP contribution in [0.2, 0.25) is 0 Å². The van der Waals surface area contributed by atoms with Crippen LogP contribution in [0.5, 0.6) is 0 Å². The molecule has 0 spiro atoms. The van der Waals surface area contributed by atoms with Gasteiger partial charge in [-0.25, -0.2) is 0 Å². The summed E-state index contributed by atoms with van der Waals surface area (Å²) in [6.45, 7) is 2.17. The Kier molecular flexibility index (Phi) is 3.75. The zero-order valence-corrected chi connectivity index (χ0v) is 9.99. The summed E-state index contributed by atoms with van der Waals surface area (Å²) in [6.07, 6.45) is 1.21. The first-order valence-corrected chi connectivity index (χ1v) is 6.04. The van der Waals surface area contributed by atoms with Gasteiger partial charge in [-0.3, -0.25) is 9.59 Å². The number of carbonyl (C=O) groups excluding carboxylic acids is 2. The highest BCUT2D eigenvalue weighted by Crippen LogP contribution is 2.26. The lowest BCUT2D eigenvalue weighted by molar-refractivity contribution is -0.135. The zero-order valence-electron chi connectivity index (χ0n) is 9.99. The Balaban J connectivity index is 2.01. The number of hydrogen-bond donors (Lipinski definition) is 1. The third kappa shape index (κ3) is 2.93. The van der Waals surface area contributed by atoms with Crippen molar-refractivity contribution in [1.82, 2.24) is 10.2 Å². The van der Waals surface area contributed by atoms with E-state index in [9.17, 15) is 18.4 Å². The van der Waals surface area contributed by atoms with Crippen LogP contribution in [0.25, 0.3) is 0 Å². The quantitative estimate of drug-likeness (QED) is 0.600. The SMILES string of the molecule is O=CC(F)(F)CC=C1CC(=O)N2CCNCC2C1. The number of allylic oxidation sites excluding steroid dienone is 1. The lowest BCUT2D eigenvalue weighted by Crippen LogP contribution is -2.55. The number of amides is 1. The maximum absolute atomic E-state index is 12.8. The molecule has 0 aromatic heterocycles. The highest BCUT2D eigenvalue weighted by atomic mass is 19.3. The second kappa shape index (κ2) is 5.14. The van der Waals surface area contributed by atoms with Crippen molar-refractivity contribution in [2.45, 2.75) is 31.2 Å². The summed E-state index contributed by atoms with van der Waals surface area (Å²) >= 11 is 0. The van der Waals surface area contributed by atoms with E-state index in [1.165, 1.54) is 6.08 Å². The van der Waals surface area contributed by atoms with E-state index in [-0.39, 0.29) is 24.7 Å². The fourth-order valence-corrected chi connectivity index (χ4v) is 2.43. The van der Waals surface area contributed by atoms with Crippen molar-refractivity contribution in [3.8, 4) is 0 Å². The topological polar surface area (TPSA) is 49.4 Å². The Morgan fingerprint density at radius 2 is 2.28 bits per heavy atom. The number of carbonyl (C=O) groups is 2. The molecule has 2 aliphatic rings. The van der Waals surface area contributed by atoms with Crippen molar-refractivity contribution in [1.29, 1.82) is 0 Å². The molecule has 0 aliphatic carbocycles. The minimum atomic E-state index is -3.32. The monoisotopic (exact) mass is 258 g/mol. The zero-order chi connectivity index (χ0) is 13.2. The van der Waals surface area contributed by atoms with E-state index < -0.39 is 12.3 Å². The molecule has 4 nitrogen and oxygen atoms in total. The van der Waals surface area contributed by atoms with Gasteiger partial charge >= 0.3 is 5.92 Å². The number of hydrogen-bond acceptors (Lipinski definition) is 3. The average Bonchev–Trinajstić information content (AvgIpc) is 2.37. The van der Waals surface area contributed by atoms with Gasteiger partial charge in [-0.1, -0.05) is 11.6 Å². The Labute approximate surface area is 104 Å². The van der Waals surface area contributed by atoms with Crippen molar-refractivity contribution in [3.63, 3.8) is 0 Å². The van der Waals surface area contributed by atoms with E-state index in [0.29, 0.717) is 25.1 Å². The van der Waals surface area contributed by atoms with Crippen LogP contribution < -0.4 is 5.32 Å². The van der Waals surface area contributed by atoms with Crippen molar-refractivity contribution in [2.24, 2.45) is 0 Å². The Hall–Kier alpha value is -1.30. The molecule has 0 saturated carbocycles. The predicted octanol–water partition coefficient (Wildman–Crippen LogP) is 0.731. The molecule has 1 atom stereocenters. The molecule has 6 heteroatoms. The number of halogens is 2. The summed E-state index contributed by atoms with van der Waals surface area (Å²) in [7, 11) is 0. The number of nitrogens with one attached hydrogen (secondary N) is 1. The molecule has 0 bridgehead atoms. The molecule has 0 aromatic rings. The summed E-state index contributed by atoms with van der Waals surface area (Å²) in [5.74, 6) is -3.33. The number of aldehydes is 1. The number of piperidine rings is 1. The molecule has 2 heterocycles. The van der Waals surface area contributed by atoms with E-state index >= 15 is 0 Å². The van der Waals surface area contributed by atoms with Gasteiger partial charge in [-0.2, -0.15) is 8.78 Å². The first kappa shape index (κ1) is 13.1. The number of fused-ring (bicyclic) bond motifs is 1. The Morgan fingerprint density at radius 1 is 1.50 bits per heavy atom. The van der Waals surface area contributed by atoms with E-state index in [1.54, 1.807) is 0 Å². The average molecular weight is 258 g/mol. The highest BCUT2D eigenvalue weighted by Gasteiger charge is 2.33. The van der Waals surface area contributed by atoms with Gasteiger partial charge in [0.25, 0.3) is 0 Å². The van der Waals surface area contributed by atoms with Crippen molar-refractivity contribution in [3.05, 3.63) is 11.6 Å².